The first-order valence-corrected chi connectivity index (χ1v) is 7.09. The van der Waals surface area contributed by atoms with Crippen molar-refractivity contribution in [2.24, 2.45) is 0 Å². The molecule has 0 fully saturated rings. The Morgan fingerprint density at radius 3 is 2.57 bits per heavy atom. The Kier molecular flexibility index (Phi) is 5.78. The first kappa shape index (κ1) is 15.5. The molecule has 0 saturated heterocycles. The Labute approximate surface area is 129 Å². The van der Waals surface area contributed by atoms with Gasteiger partial charge in [0.25, 0.3) is 0 Å². The molecule has 112 valence electrons. The SMILES string of the molecule is CCOCc1nc(NC)cc(OCc2ccc(Cl)cc2)n1. The zero-order valence-corrected chi connectivity index (χ0v) is 12.9. The summed E-state index contributed by atoms with van der Waals surface area (Å²) in [6.07, 6.45) is 0. The maximum atomic E-state index is 5.85. The lowest BCUT2D eigenvalue weighted by Gasteiger charge is -2.09. The van der Waals surface area contributed by atoms with E-state index in [0.717, 1.165) is 5.56 Å². The lowest BCUT2D eigenvalue weighted by atomic mass is 10.2. The van der Waals surface area contributed by atoms with E-state index in [1.54, 1.807) is 13.1 Å². The molecular formula is C15H18ClN3O2. The van der Waals surface area contributed by atoms with Gasteiger partial charge in [0.15, 0.2) is 5.82 Å². The van der Waals surface area contributed by atoms with Gasteiger partial charge in [-0.1, -0.05) is 23.7 Å². The second-order valence-corrected chi connectivity index (χ2v) is 4.75. The van der Waals surface area contributed by atoms with Gasteiger partial charge in [0.05, 0.1) is 0 Å². The van der Waals surface area contributed by atoms with Gasteiger partial charge in [0, 0.05) is 24.7 Å². The summed E-state index contributed by atoms with van der Waals surface area (Å²) in [5, 5.41) is 3.69. The van der Waals surface area contributed by atoms with Crippen LogP contribution in [0.1, 0.15) is 18.3 Å². The summed E-state index contributed by atoms with van der Waals surface area (Å²) in [7, 11) is 1.80. The molecule has 2 rings (SSSR count). The third-order valence-corrected chi connectivity index (χ3v) is 2.99. The third-order valence-electron chi connectivity index (χ3n) is 2.74. The molecule has 0 spiro atoms. The molecule has 0 saturated carbocycles. The molecule has 1 N–H and O–H groups in total. The number of rotatable bonds is 7. The van der Waals surface area contributed by atoms with Crippen LogP contribution in [0.4, 0.5) is 5.82 Å². The maximum absolute atomic E-state index is 5.85. The van der Waals surface area contributed by atoms with Crippen LogP contribution in [0.15, 0.2) is 30.3 Å². The largest absolute Gasteiger partial charge is 0.473 e. The van der Waals surface area contributed by atoms with E-state index >= 15 is 0 Å². The first-order chi connectivity index (χ1) is 10.2. The minimum Gasteiger partial charge on any atom is -0.473 e. The summed E-state index contributed by atoms with van der Waals surface area (Å²) in [5.74, 6) is 1.81. The van der Waals surface area contributed by atoms with Crippen molar-refractivity contribution in [1.29, 1.82) is 0 Å². The van der Waals surface area contributed by atoms with Gasteiger partial charge in [-0.2, -0.15) is 4.98 Å². The molecule has 1 aromatic carbocycles. The Hall–Kier alpha value is -1.85. The summed E-state index contributed by atoms with van der Waals surface area (Å²) >= 11 is 5.85. The highest BCUT2D eigenvalue weighted by Gasteiger charge is 2.05. The minimum atomic E-state index is 0.364. The highest BCUT2D eigenvalue weighted by molar-refractivity contribution is 6.30. The van der Waals surface area contributed by atoms with Gasteiger partial charge in [-0.15, -0.1) is 0 Å². The number of nitrogens with one attached hydrogen (secondary N) is 1. The second kappa shape index (κ2) is 7.81. The fraction of sp³-hybridized carbons (Fsp3) is 0.333. The Morgan fingerprint density at radius 2 is 1.90 bits per heavy atom. The summed E-state index contributed by atoms with van der Waals surface area (Å²) < 4.78 is 11.0. The molecule has 0 aliphatic rings. The molecule has 0 atom stereocenters. The van der Waals surface area contributed by atoms with Crippen LogP contribution in [-0.2, 0) is 18.0 Å². The Morgan fingerprint density at radius 1 is 1.14 bits per heavy atom. The number of halogens is 1. The molecule has 1 heterocycles. The average molecular weight is 308 g/mol. The fourth-order valence-corrected chi connectivity index (χ4v) is 1.80. The van der Waals surface area contributed by atoms with E-state index in [1.807, 2.05) is 31.2 Å². The van der Waals surface area contributed by atoms with Crippen LogP contribution < -0.4 is 10.1 Å². The van der Waals surface area contributed by atoms with Crippen LogP contribution in [0.2, 0.25) is 5.02 Å². The molecule has 2 aromatic rings. The fourth-order valence-electron chi connectivity index (χ4n) is 1.67. The standard InChI is InChI=1S/C15H18ClN3O2/c1-3-20-10-14-18-13(17-2)8-15(19-14)21-9-11-4-6-12(16)7-5-11/h4-8H,3,9-10H2,1-2H3,(H,17,18,19). The summed E-state index contributed by atoms with van der Waals surface area (Å²) in [6.45, 7) is 3.34. The van der Waals surface area contributed by atoms with E-state index in [1.165, 1.54) is 0 Å². The van der Waals surface area contributed by atoms with Crippen molar-refractivity contribution in [3.05, 3.63) is 46.7 Å². The molecule has 0 amide bonds. The van der Waals surface area contributed by atoms with Crippen LogP contribution in [-0.4, -0.2) is 23.6 Å². The van der Waals surface area contributed by atoms with E-state index < -0.39 is 0 Å². The summed E-state index contributed by atoms with van der Waals surface area (Å²) in [5.41, 5.74) is 1.02. The molecule has 0 unspecified atom stereocenters. The molecule has 5 nitrogen and oxygen atoms in total. The normalized spacial score (nSPS) is 10.4. The topological polar surface area (TPSA) is 56.3 Å². The smallest absolute Gasteiger partial charge is 0.219 e. The molecule has 1 aromatic heterocycles. The Balaban J connectivity index is 2.05. The monoisotopic (exact) mass is 307 g/mol. The average Bonchev–Trinajstić information content (AvgIpc) is 2.52. The lowest BCUT2D eigenvalue weighted by Crippen LogP contribution is -2.05. The molecule has 6 heteroatoms. The zero-order valence-electron chi connectivity index (χ0n) is 12.1. The van der Waals surface area contributed by atoms with Crippen molar-refractivity contribution in [3.8, 4) is 5.88 Å². The number of ether oxygens (including phenoxy) is 2. The van der Waals surface area contributed by atoms with Crippen LogP contribution in [0.25, 0.3) is 0 Å². The van der Waals surface area contributed by atoms with E-state index in [2.05, 4.69) is 15.3 Å². The quantitative estimate of drug-likeness (QED) is 0.850. The molecule has 0 bridgehead atoms. The minimum absolute atomic E-state index is 0.364. The predicted molar refractivity (Wildman–Crippen MR) is 82.7 cm³/mol. The van der Waals surface area contributed by atoms with E-state index in [4.69, 9.17) is 21.1 Å². The highest BCUT2D eigenvalue weighted by atomic mass is 35.5. The number of anilines is 1. The van der Waals surface area contributed by atoms with Gasteiger partial charge < -0.3 is 14.8 Å². The van der Waals surface area contributed by atoms with Crippen LogP contribution in [0, 0.1) is 0 Å². The van der Waals surface area contributed by atoms with Crippen molar-refractivity contribution in [1.82, 2.24) is 9.97 Å². The maximum Gasteiger partial charge on any atom is 0.219 e. The second-order valence-electron chi connectivity index (χ2n) is 4.31. The van der Waals surface area contributed by atoms with Crippen molar-refractivity contribution in [3.63, 3.8) is 0 Å². The number of hydrogen-bond donors (Lipinski definition) is 1. The molecular weight excluding hydrogens is 290 g/mol. The van der Waals surface area contributed by atoms with E-state index in [-0.39, 0.29) is 0 Å². The van der Waals surface area contributed by atoms with Crippen molar-refractivity contribution < 1.29 is 9.47 Å². The number of benzene rings is 1. The summed E-state index contributed by atoms with van der Waals surface area (Å²) in [6, 6.07) is 9.26. The van der Waals surface area contributed by atoms with Crippen molar-refractivity contribution in [2.45, 2.75) is 20.1 Å². The van der Waals surface area contributed by atoms with E-state index in [0.29, 0.717) is 42.4 Å². The van der Waals surface area contributed by atoms with Gasteiger partial charge in [-0.3, -0.25) is 0 Å². The number of hydrogen-bond acceptors (Lipinski definition) is 5. The Bertz CT molecular complexity index is 576. The zero-order chi connectivity index (χ0) is 15.1. The van der Waals surface area contributed by atoms with Gasteiger partial charge in [-0.25, -0.2) is 4.98 Å². The van der Waals surface area contributed by atoms with E-state index in [9.17, 15) is 0 Å². The predicted octanol–water partition coefficient (Wildman–Crippen LogP) is 3.29. The van der Waals surface area contributed by atoms with Crippen LogP contribution >= 0.6 is 11.6 Å². The van der Waals surface area contributed by atoms with Crippen molar-refractivity contribution >= 4 is 17.4 Å². The van der Waals surface area contributed by atoms with Gasteiger partial charge in [0.2, 0.25) is 5.88 Å². The first-order valence-electron chi connectivity index (χ1n) is 6.72. The highest BCUT2D eigenvalue weighted by Crippen LogP contribution is 2.16. The van der Waals surface area contributed by atoms with Gasteiger partial charge in [-0.05, 0) is 24.6 Å². The molecule has 0 aliphatic heterocycles. The van der Waals surface area contributed by atoms with Gasteiger partial charge in [0.1, 0.15) is 19.0 Å². The summed E-state index contributed by atoms with van der Waals surface area (Å²) in [4.78, 5) is 8.64. The third kappa shape index (κ3) is 4.88. The number of nitrogens with zero attached hydrogens (tertiary/aromatic N) is 2. The number of aromatic nitrogens is 2. The van der Waals surface area contributed by atoms with Crippen LogP contribution in [0.5, 0.6) is 5.88 Å². The van der Waals surface area contributed by atoms with Gasteiger partial charge >= 0.3 is 0 Å². The molecule has 0 aliphatic carbocycles. The molecule has 21 heavy (non-hydrogen) atoms. The lowest BCUT2D eigenvalue weighted by molar-refractivity contribution is 0.127. The van der Waals surface area contributed by atoms with Crippen molar-refractivity contribution in [2.75, 3.05) is 19.0 Å². The molecule has 0 radical (unpaired) electrons. The van der Waals surface area contributed by atoms with Crippen LogP contribution in [0.3, 0.4) is 0 Å².